The van der Waals surface area contributed by atoms with Gasteiger partial charge >= 0.3 is 0 Å². The van der Waals surface area contributed by atoms with Gasteiger partial charge in [-0.2, -0.15) is 0 Å². The van der Waals surface area contributed by atoms with Gasteiger partial charge in [0.15, 0.2) is 0 Å². The van der Waals surface area contributed by atoms with Gasteiger partial charge in [-0.15, -0.1) is 0 Å². The number of ether oxygens (including phenoxy) is 1. The van der Waals surface area contributed by atoms with Gasteiger partial charge in [-0.25, -0.2) is 0 Å². The summed E-state index contributed by atoms with van der Waals surface area (Å²) in [4.78, 5) is 29.5. The third-order valence-corrected chi connectivity index (χ3v) is 6.92. The zero-order chi connectivity index (χ0) is 22.4. The van der Waals surface area contributed by atoms with Crippen LogP contribution in [0, 0.1) is 0 Å². The molecule has 2 amide bonds. The average molecular weight is 441 g/mol. The molecule has 2 aliphatic heterocycles. The summed E-state index contributed by atoms with van der Waals surface area (Å²) in [6.07, 6.45) is -2.25. The van der Waals surface area contributed by atoms with Crippen LogP contribution in [0.15, 0.2) is 48.5 Å². The van der Waals surface area contributed by atoms with Crippen molar-refractivity contribution < 1.29 is 24.5 Å². The predicted molar refractivity (Wildman–Crippen MR) is 122 cm³/mol. The van der Waals surface area contributed by atoms with E-state index in [1.54, 1.807) is 0 Å². The minimum absolute atomic E-state index is 0.000406. The first-order chi connectivity index (χ1) is 16.0. The van der Waals surface area contributed by atoms with E-state index in [1.807, 2.05) is 53.1 Å². The van der Waals surface area contributed by atoms with Crippen molar-refractivity contribution in [1.82, 2.24) is 14.9 Å². The molecule has 4 N–H and O–H groups in total. The topological polar surface area (TPSA) is 117 Å². The van der Waals surface area contributed by atoms with Gasteiger partial charge in [-0.05, 0) is 12.1 Å². The fraction of sp³-hybridized carbons (Fsp3) is 0.200. The Labute approximate surface area is 186 Å². The number of para-hydroxylation sites is 2. The maximum Gasteiger partial charge on any atom is 0.259 e. The molecule has 1 fully saturated rings. The number of rotatable bonds is 1. The van der Waals surface area contributed by atoms with Crippen molar-refractivity contribution in [2.75, 3.05) is 6.61 Å². The molecule has 8 heteroatoms. The summed E-state index contributed by atoms with van der Waals surface area (Å²) in [5.41, 5.74) is 3.88. The number of carbonyl (C=O) groups excluding carboxylic acids is 2. The fourth-order valence-corrected chi connectivity index (χ4v) is 5.51. The molecule has 4 heterocycles. The number of H-pyrrole nitrogens is 1. The highest BCUT2D eigenvalue weighted by Gasteiger charge is 2.38. The van der Waals surface area contributed by atoms with E-state index < -0.39 is 30.3 Å². The van der Waals surface area contributed by atoms with Gasteiger partial charge in [0.1, 0.15) is 12.3 Å². The molecule has 0 aliphatic carbocycles. The van der Waals surface area contributed by atoms with Crippen molar-refractivity contribution in [3.05, 3.63) is 59.7 Å². The third-order valence-electron chi connectivity index (χ3n) is 6.92. The quantitative estimate of drug-likeness (QED) is 0.299. The Balaban J connectivity index is 1.73. The van der Waals surface area contributed by atoms with Crippen LogP contribution in [-0.2, 0) is 4.74 Å². The molecule has 7 rings (SSSR count). The van der Waals surface area contributed by atoms with Crippen LogP contribution in [0.1, 0.15) is 33.4 Å². The number of benzene rings is 3. The van der Waals surface area contributed by atoms with Crippen LogP contribution in [0.5, 0.6) is 0 Å². The molecule has 0 saturated carbocycles. The van der Waals surface area contributed by atoms with Crippen LogP contribution in [0.25, 0.3) is 43.6 Å². The SMILES string of the molecule is O=C1NC(=O)c2c1c1c3ccccc3[nH]c1c1c2c2ccccc2n1[C@H]1C[C@@H](O)[C@@H](O)CO1. The number of aliphatic hydroxyl groups excluding tert-OH is 2. The van der Waals surface area contributed by atoms with Crippen molar-refractivity contribution >= 4 is 55.4 Å². The first kappa shape index (κ1) is 18.8. The number of carbonyl (C=O) groups is 2. The lowest BCUT2D eigenvalue weighted by Gasteiger charge is -2.32. The molecular weight excluding hydrogens is 422 g/mol. The van der Waals surface area contributed by atoms with E-state index in [2.05, 4.69) is 10.3 Å². The summed E-state index contributed by atoms with van der Waals surface area (Å²) >= 11 is 0. The molecule has 3 aromatic carbocycles. The molecule has 2 aliphatic rings. The van der Waals surface area contributed by atoms with Gasteiger partial charge in [-0.3, -0.25) is 14.9 Å². The second kappa shape index (κ2) is 6.41. The highest BCUT2D eigenvalue weighted by atomic mass is 16.5. The van der Waals surface area contributed by atoms with Crippen molar-refractivity contribution in [3.63, 3.8) is 0 Å². The third kappa shape index (κ3) is 2.34. The second-order valence-electron chi connectivity index (χ2n) is 8.72. The zero-order valence-electron chi connectivity index (χ0n) is 17.3. The number of nitrogens with one attached hydrogen (secondary N) is 2. The van der Waals surface area contributed by atoms with E-state index in [9.17, 15) is 19.8 Å². The van der Waals surface area contributed by atoms with E-state index >= 15 is 0 Å². The smallest absolute Gasteiger partial charge is 0.259 e. The van der Waals surface area contributed by atoms with Crippen LogP contribution >= 0.6 is 0 Å². The first-order valence-electron chi connectivity index (χ1n) is 10.9. The number of imide groups is 1. The minimum Gasteiger partial charge on any atom is -0.390 e. The van der Waals surface area contributed by atoms with Crippen molar-refractivity contribution in [1.29, 1.82) is 0 Å². The van der Waals surface area contributed by atoms with Crippen LogP contribution in [0.2, 0.25) is 0 Å². The summed E-state index contributed by atoms with van der Waals surface area (Å²) in [7, 11) is 0. The van der Waals surface area contributed by atoms with Crippen LogP contribution in [0.4, 0.5) is 0 Å². The number of amides is 2. The fourth-order valence-electron chi connectivity index (χ4n) is 5.51. The van der Waals surface area contributed by atoms with Gasteiger partial charge < -0.3 is 24.5 Å². The first-order valence-corrected chi connectivity index (χ1v) is 10.9. The molecule has 33 heavy (non-hydrogen) atoms. The molecule has 8 nitrogen and oxygen atoms in total. The van der Waals surface area contributed by atoms with E-state index in [-0.39, 0.29) is 13.0 Å². The Morgan fingerprint density at radius 3 is 2.36 bits per heavy atom. The molecular formula is C25H19N3O5. The van der Waals surface area contributed by atoms with Crippen LogP contribution < -0.4 is 5.32 Å². The Morgan fingerprint density at radius 2 is 1.58 bits per heavy atom. The number of fused-ring (bicyclic) bond motifs is 10. The van der Waals surface area contributed by atoms with E-state index in [1.165, 1.54) is 0 Å². The summed E-state index contributed by atoms with van der Waals surface area (Å²) in [6.45, 7) is -0.000406. The molecule has 0 spiro atoms. The van der Waals surface area contributed by atoms with Gasteiger partial charge in [-0.1, -0.05) is 36.4 Å². The molecule has 0 unspecified atom stereocenters. The average Bonchev–Trinajstić information content (AvgIpc) is 3.45. The number of aromatic nitrogens is 2. The number of hydrogen-bond acceptors (Lipinski definition) is 5. The number of nitrogens with zero attached hydrogens (tertiary/aromatic N) is 1. The molecule has 0 bridgehead atoms. The molecule has 1 saturated heterocycles. The molecule has 0 radical (unpaired) electrons. The van der Waals surface area contributed by atoms with Crippen LogP contribution in [-0.4, -0.2) is 50.4 Å². The Hall–Kier alpha value is -3.72. The van der Waals surface area contributed by atoms with Gasteiger partial charge in [0, 0.05) is 33.5 Å². The van der Waals surface area contributed by atoms with E-state index in [4.69, 9.17) is 4.74 Å². The molecule has 3 atom stereocenters. The highest BCUT2D eigenvalue weighted by molar-refractivity contribution is 6.39. The van der Waals surface area contributed by atoms with Crippen molar-refractivity contribution in [3.8, 4) is 0 Å². The standard InChI is InChI=1S/C25H19N3O5/c29-15-9-17(33-10-16(15)30)28-14-8-4-2-6-12(14)19-21-20(24(31)27-25(21)32)18-11-5-1-3-7-13(11)26-22(18)23(19)28/h1-8,15-17,26,29-30H,9-10H2,(H,27,31,32)/t15-,16+,17-/m1/s1. The molecule has 2 aromatic heterocycles. The summed E-state index contributed by atoms with van der Waals surface area (Å²) in [5.74, 6) is -0.828. The molecule has 164 valence electrons. The number of aliphatic hydroxyl groups is 2. The normalized spacial score (nSPS) is 23.2. The summed E-state index contributed by atoms with van der Waals surface area (Å²) < 4.78 is 7.96. The largest absolute Gasteiger partial charge is 0.390 e. The summed E-state index contributed by atoms with van der Waals surface area (Å²) in [5, 5.41) is 25.9. The van der Waals surface area contributed by atoms with Gasteiger partial charge in [0.25, 0.3) is 11.8 Å². The Bertz CT molecular complexity index is 1660. The lowest BCUT2D eigenvalue weighted by molar-refractivity contribution is -0.142. The number of aromatic amines is 1. The lowest BCUT2D eigenvalue weighted by atomic mass is 9.96. The summed E-state index contributed by atoms with van der Waals surface area (Å²) in [6, 6.07) is 15.3. The van der Waals surface area contributed by atoms with Crippen molar-refractivity contribution in [2.24, 2.45) is 0 Å². The number of hydrogen-bond donors (Lipinski definition) is 4. The maximum absolute atomic E-state index is 13.1. The monoisotopic (exact) mass is 441 g/mol. The van der Waals surface area contributed by atoms with Gasteiger partial charge in [0.2, 0.25) is 0 Å². The van der Waals surface area contributed by atoms with Crippen molar-refractivity contribution in [2.45, 2.75) is 24.9 Å². The minimum atomic E-state index is -0.949. The zero-order valence-corrected chi connectivity index (χ0v) is 17.3. The Morgan fingerprint density at radius 1 is 0.879 bits per heavy atom. The Kier molecular flexibility index (Phi) is 3.66. The molecule has 5 aromatic rings. The van der Waals surface area contributed by atoms with Gasteiger partial charge in [0.05, 0.1) is 40.4 Å². The van der Waals surface area contributed by atoms with E-state index in [0.29, 0.717) is 21.9 Å². The lowest BCUT2D eigenvalue weighted by Crippen LogP contribution is -2.39. The highest BCUT2D eigenvalue weighted by Crippen LogP contribution is 2.45. The predicted octanol–water partition coefficient (Wildman–Crippen LogP) is 2.95. The maximum atomic E-state index is 13.1. The van der Waals surface area contributed by atoms with E-state index in [0.717, 1.165) is 32.8 Å². The van der Waals surface area contributed by atoms with Crippen LogP contribution in [0.3, 0.4) is 0 Å². The second-order valence-corrected chi connectivity index (χ2v) is 8.72.